The summed E-state index contributed by atoms with van der Waals surface area (Å²) in [5.74, 6) is -0.959. The van der Waals surface area contributed by atoms with Crippen molar-refractivity contribution in [3.63, 3.8) is 0 Å². The van der Waals surface area contributed by atoms with Crippen molar-refractivity contribution in [1.82, 2.24) is 10.2 Å². The summed E-state index contributed by atoms with van der Waals surface area (Å²) in [6.07, 6.45) is 7.35. The molecule has 1 saturated heterocycles. The number of amides is 2. The van der Waals surface area contributed by atoms with Gasteiger partial charge in [-0.3, -0.25) is 9.59 Å². The van der Waals surface area contributed by atoms with Gasteiger partial charge in [-0.05, 0) is 43.6 Å². The molecule has 1 aromatic carbocycles. The molecule has 6 heteroatoms. The van der Waals surface area contributed by atoms with Crippen LogP contribution in [0.1, 0.15) is 56.9 Å². The zero-order chi connectivity index (χ0) is 19.9. The normalized spacial score (nSPS) is 21.3. The molecule has 0 radical (unpaired) electrons. The predicted molar refractivity (Wildman–Crippen MR) is 106 cm³/mol. The van der Waals surface area contributed by atoms with Crippen molar-refractivity contribution in [2.24, 2.45) is 5.92 Å². The lowest BCUT2D eigenvalue weighted by molar-refractivity contribution is -0.153. The number of piperidine rings is 1. The maximum absolute atomic E-state index is 13.2. The fourth-order valence-electron chi connectivity index (χ4n) is 4.43. The summed E-state index contributed by atoms with van der Waals surface area (Å²) in [5, 5.41) is 12.4. The second kappa shape index (κ2) is 9.71. The van der Waals surface area contributed by atoms with E-state index in [2.05, 4.69) is 5.32 Å². The van der Waals surface area contributed by atoms with Crippen molar-refractivity contribution in [3.8, 4) is 0 Å². The third kappa shape index (κ3) is 5.33. The molecule has 2 aliphatic rings. The molecule has 1 heterocycles. The maximum atomic E-state index is 13.2. The predicted octanol–water partition coefficient (Wildman–Crippen LogP) is 2.76. The summed E-state index contributed by atoms with van der Waals surface area (Å²) in [4.78, 5) is 38.9. The minimum atomic E-state index is -0.969. The lowest BCUT2D eigenvalue weighted by Gasteiger charge is -2.35. The van der Waals surface area contributed by atoms with E-state index in [4.69, 9.17) is 0 Å². The number of nitrogens with one attached hydrogen (secondary N) is 1. The molecule has 2 amide bonds. The highest BCUT2D eigenvalue weighted by molar-refractivity contribution is 5.91. The van der Waals surface area contributed by atoms with Gasteiger partial charge in [0, 0.05) is 19.4 Å². The molecular weight excluding hydrogens is 356 g/mol. The Balaban J connectivity index is 1.73. The molecule has 152 valence electrons. The zero-order valence-corrected chi connectivity index (χ0v) is 16.3. The van der Waals surface area contributed by atoms with Gasteiger partial charge < -0.3 is 15.3 Å². The van der Waals surface area contributed by atoms with Gasteiger partial charge in [-0.25, -0.2) is 4.79 Å². The van der Waals surface area contributed by atoms with Gasteiger partial charge in [-0.2, -0.15) is 0 Å². The maximum Gasteiger partial charge on any atom is 0.326 e. The highest BCUT2D eigenvalue weighted by Crippen LogP contribution is 2.27. The van der Waals surface area contributed by atoms with E-state index in [9.17, 15) is 19.5 Å². The third-order valence-corrected chi connectivity index (χ3v) is 5.94. The second-order valence-electron chi connectivity index (χ2n) is 8.05. The molecule has 2 atom stereocenters. The number of nitrogens with zero attached hydrogens (tertiary/aromatic N) is 1. The molecule has 6 nitrogen and oxygen atoms in total. The van der Waals surface area contributed by atoms with E-state index < -0.39 is 18.1 Å². The SMILES string of the molecule is O=C(CC1CCCC1)NC(Cc1ccccc1)C(=O)N1CCCCC1C(=O)O. The second-order valence-corrected chi connectivity index (χ2v) is 8.05. The van der Waals surface area contributed by atoms with Gasteiger partial charge in [0.25, 0.3) is 0 Å². The first-order valence-electron chi connectivity index (χ1n) is 10.4. The van der Waals surface area contributed by atoms with Gasteiger partial charge >= 0.3 is 5.97 Å². The van der Waals surface area contributed by atoms with Crippen molar-refractivity contribution in [2.45, 2.75) is 69.9 Å². The van der Waals surface area contributed by atoms with Gasteiger partial charge in [0.2, 0.25) is 11.8 Å². The fourth-order valence-corrected chi connectivity index (χ4v) is 4.43. The summed E-state index contributed by atoms with van der Waals surface area (Å²) >= 11 is 0. The van der Waals surface area contributed by atoms with Crippen LogP contribution in [-0.4, -0.2) is 46.4 Å². The number of aliphatic carboxylic acids is 1. The van der Waals surface area contributed by atoms with Crippen molar-refractivity contribution in [1.29, 1.82) is 0 Å². The molecule has 1 saturated carbocycles. The molecule has 1 aliphatic carbocycles. The molecule has 28 heavy (non-hydrogen) atoms. The fraction of sp³-hybridized carbons (Fsp3) is 0.591. The Bertz CT molecular complexity index is 685. The number of carbonyl (C=O) groups excluding carboxylic acids is 2. The Morgan fingerprint density at radius 2 is 1.71 bits per heavy atom. The third-order valence-electron chi connectivity index (χ3n) is 5.94. The molecule has 2 fully saturated rings. The van der Waals surface area contributed by atoms with E-state index >= 15 is 0 Å². The first-order valence-corrected chi connectivity index (χ1v) is 10.4. The van der Waals surface area contributed by atoms with Crippen LogP contribution in [0.15, 0.2) is 30.3 Å². The van der Waals surface area contributed by atoms with E-state index in [1.165, 1.54) is 17.7 Å². The molecule has 2 N–H and O–H groups in total. The number of carboxylic acid groups (broad SMARTS) is 1. The highest BCUT2D eigenvalue weighted by Gasteiger charge is 2.36. The van der Waals surface area contributed by atoms with Crippen molar-refractivity contribution in [2.75, 3.05) is 6.54 Å². The number of likely N-dealkylation sites (tertiary alicyclic amines) is 1. The number of hydrogen-bond donors (Lipinski definition) is 2. The number of rotatable bonds is 7. The molecule has 1 aliphatic heterocycles. The van der Waals surface area contributed by atoms with Crippen LogP contribution in [0.25, 0.3) is 0 Å². The Labute approximate surface area is 166 Å². The average molecular weight is 386 g/mol. The van der Waals surface area contributed by atoms with Crippen LogP contribution < -0.4 is 5.32 Å². The molecule has 1 aromatic rings. The first-order chi connectivity index (χ1) is 13.5. The molecule has 0 bridgehead atoms. The number of hydrogen-bond acceptors (Lipinski definition) is 3. The highest BCUT2D eigenvalue weighted by atomic mass is 16.4. The summed E-state index contributed by atoms with van der Waals surface area (Å²) < 4.78 is 0. The van der Waals surface area contributed by atoms with E-state index in [0.717, 1.165) is 31.2 Å². The summed E-state index contributed by atoms with van der Waals surface area (Å²) in [5.41, 5.74) is 0.950. The van der Waals surface area contributed by atoms with Crippen LogP contribution >= 0.6 is 0 Å². The van der Waals surface area contributed by atoms with Gasteiger partial charge in [-0.15, -0.1) is 0 Å². The Hall–Kier alpha value is -2.37. The molecular formula is C22H30N2O4. The Kier molecular flexibility index (Phi) is 7.06. The van der Waals surface area contributed by atoms with Crippen LogP contribution in [0.3, 0.4) is 0 Å². The minimum Gasteiger partial charge on any atom is -0.480 e. The Morgan fingerprint density at radius 3 is 2.39 bits per heavy atom. The standard InChI is InChI=1S/C22H30N2O4/c25-20(15-17-10-4-5-11-17)23-18(14-16-8-2-1-3-9-16)21(26)24-13-7-6-12-19(24)22(27)28/h1-3,8-9,17-19H,4-7,10-15H2,(H,23,25)(H,27,28). The number of carbonyl (C=O) groups is 3. The molecule has 2 unspecified atom stereocenters. The van der Waals surface area contributed by atoms with E-state index in [1.54, 1.807) is 0 Å². The summed E-state index contributed by atoms with van der Waals surface area (Å²) in [7, 11) is 0. The first kappa shape index (κ1) is 20.4. The topological polar surface area (TPSA) is 86.7 Å². The molecule has 3 rings (SSSR count). The molecule has 0 aromatic heterocycles. The van der Waals surface area contributed by atoms with Crippen LogP contribution in [0.2, 0.25) is 0 Å². The van der Waals surface area contributed by atoms with Crippen LogP contribution in [0, 0.1) is 5.92 Å². The van der Waals surface area contributed by atoms with Gasteiger partial charge in [0.05, 0.1) is 0 Å². The minimum absolute atomic E-state index is 0.106. The number of carboxylic acids is 1. The van der Waals surface area contributed by atoms with Crippen LogP contribution in [-0.2, 0) is 20.8 Å². The van der Waals surface area contributed by atoms with Gasteiger partial charge in [0.1, 0.15) is 12.1 Å². The summed E-state index contributed by atoms with van der Waals surface area (Å²) in [6.45, 7) is 0.430. The Morgan fingerprint density at radius 1 is 1.04 bits per heavy atom. The lowest BCUT2D eigenvalue weighted by atomic mass is 9.98. The largest absolute Gasteiger partial charge is 0.480 e. The van der Waals surface area contributed by atoms with Crippen molar-refractivity contribution >= 4 is 17.8 Å². The zero-order valence-electron chi connectivity index (χ0n) is 16.3. The van der Waals surface area contributed by atoms with Crippen molar-refractivity contribution < 1.29 is 19.5 Å². The monoisotopic (exact) mass is 386 g/mol. The van der Waals surface area contributed by atoms with Gasteiger partial charge in [-0.1, -0.05) is 43.2 Å². The lowest BCUT2D eigenvalue weighted by Crippen LogP contribution is -2.56. The summed E-state index contributed by atoms with van der Waals surface area (Å²) in [6, 6.07) is 8.03. The van der Waals surface area contributed by atoms with E-state index in [1.807, 2.05) is 30.3 Å². The van der Waals surface area contributed by atoms with E-state index in [-0.39, 0.29) is 11.8 Å². The quantitative estimate of drug-likeness (QED) is 0.754. The smallest absolute Gasteiger partial charge is 0.326 e. The van der Waals surface area contributed by atoms with Crippen LogP contribution in [0.5, 0.6) is 0 Å². The molecule has 0 spiro atoms. The number of benzene rings is 1. The van der Waals surface area contributed by atoms with E-state index in [0.29, 0.717) is 31.7 Å². The van der Waals surface area contributed by atoms with Crippen LogP contribution in [0.4, 0.5) is 0 Å². The van der Waals surface area contributed by atoms with Gasteiger partial charge in [0.15, 0.2) is 0 Å². The van der Waals surface area contributed by atoms with Crippen molar-refractivity contribution in [3.05, 3.63) is 35.9 Å². The average Bonchev–Trinajstić information content (AvgIpc) is 3.20.